The number of para-hydroxylation sites is 1. The molecular formula is C15H22N4O. The van der Waals surface area contributed by atoms with Gasteiger partial charge in [0.2, 0.25) is 0 Å². The molecule has 3 rings (SSSR count). The topological polar surface area (TPSA) is 65.1 Å². The van der Waals surface area contributed by atoms with Gasteiger partial charge in [0.1, 0.15) is 0 Å². The Balaban J connectivity index is 1.84. The van der Waals surface area contributed by atoms with Gasteiger partial charge in [-0.2, -0.15) is 5.10 Å². The van der Waals surface area contributed by atoms with Gasteiger partial charge in [0.15, 0.2) is 0 Å². The number of hydrogen-bond acceptors (Lipinski definition) is 4. The van der Waals surface area contributed by atoms with Crippen LogP contribution in [0.15, 0.2) is 24.3 Å². The summed E-state index contributed by atoms with van der Waals surface area (Å²) in [5.41, 5.74) is 5.14. The van der Waals surface area contributed by atoms with Gasteiger partial charge in [-0.15, -0.1) is 0 Å². The van der Waals surface area contributed by atoms with Gasteiger partial charge >= 0.3 is 0 Å². The lowest BCUT2D eigenvalue weighted by molar-refractivity contribution is 0.0319. The first-order chi connectivity index (χ1) is 9.69. The van der Waals surface area contributed by atoms with Crippen molar-refractivity contribution in [3.05, 3.63) is 30.0 Å². The molecule has 1 saturated heterocycles. The van der Waals surface area contributed by atoms with Gasteiger partial charge in [-0.05, 0) is 25.8 Å². The molecule has 0 spiro atoms. The Morgan fingerprint density at radius 3 is 2.95 bits per heavy atom. The molecule has 3 N–H and O–H groups in total. The van der Waals surface area contributed by atoms with Gasteiger partial charge in [0.05, 0.1) is 29.5 Å². The summed E-state index contributed by atoms with van der Waals surface area (Å²) >= 11 is 0. The Labute approximate surface area is 119 Å². The fraction of sp³-hybridized carbons (Fsp3) is 0.533. The molecule has 0 bridgehead atoms. The number of hydrogen-bond donors (Lipinski definition) is 2. The number of ether oxygens (including phenoxy) is 1. The molecule has 20 heavy (non-hydrogen) atoms. The number of aryl methyl sites for hydroxylation is 1. The Hall–Kier alpha value is -1.43. The van der Waals surface area contributed by atoms with Crippen LogP contribution in [0.25, 0.3) is 10.9 Å². The summed E-state index contributed by atoms with van der Waals surface area (Å²) in [5, 5.41) is 5.83. The summed E-state index contributed by atoms with van der Waals surface area (Å²) in [7, 11) is 1.98. The summed E-state index contributed by atoms with van der Waals surface area (Å²) in [4.78, 5) is 0. The molecule has 5 nitrogen and oxygen atoms in total. The second kappa shape index (κ2) is 5.52. The Morgan fingerprint density at radius 1 is 1.45 bits per heavy atom. The molecule has 1 aromatic carbocycles. The van der Waals surface area contributed by atoms with Crippen LogP contribution in [0.3, 0.4) is 0 Å². The summed E-state index contributed by atoms with van der Waals surface area (Å²) in [6, 6.07) is 8.40. The van der Waals surface area contributed by atoms with Gasteiger partial charge in [-0.25, -0.2) is 0 Å². The van der Waals surface area contributed by atoms with Crippen LogP contribution >= 0.6 is 0 Å². The van der Waals surface area contributed by atoms with E-state index in [1.54, 1.807) is 0 Å². The van der Waals surface area contributed by atoms with Crippen LogP contribution in [0.1, 0.15) is 25.5 Å². The van der Waals surface area contributed by atoms with E-state index in [2.05, 4.69) is 29.6 Å². The molecule has 1 fully saturated rings. The average molecular weight is 274 g/mol. The van der Waals surface area contributed by atoms with E-state index in [0.29, 0.717) is 6.10 Å². The molecule has 108 valence electrons. The van der Waals surface area contributed by atoms with Gasteiger partial charge in [0.25, 0.3) is 0 Å². The molecule has 5 heteroatoms. The third-order valence-corrected chi connectivity index (χ3v) is 4.18. The fourth-order valence-corrected chi connectivity index (χ4v) is 3.07. The van der Waals surface area contributed by atoms with Crippen molar-refractivity contribution in [2.24, 2.45) is 12.9 Å². The van der Waals surface area contributed by atoms with Crippen molar-refractivity contribution >= 4 is 10.9 Å². The van der Waals surface area contributed by atoms with Gasteiger partial charge in [-0.1, -0.05) is 18.2 Å². The van der Waals surface area contributed by atoms with Crippen molar-refractivity contribution in [1.82, 2.24) is 15.2 Å². The molecule has 3 atom stereocenters. The number of aromatic nitrogens is 2. The monoisotopic (exact) mass is 274 g/mol. The van der Waals surface area contributed by atoms with E-state index < -0.39 is 0 Å². The van der Waals surface area contributed by atoms with E-state index in [-0.39, 0.29) is 12.1 Å². The molecule has 3 unspecified atom stereocenters. The van der Waals surface area contributed by atoms with E-state index >= 15 is 0 Å². The van der Waals surface area contributed by atoms with Crippen LogP contribution < -0.4 is 11.3 Å². The predicted molar refractivity (Wildman–Crippen MR) is 79.1 cm³/mol. The van der Waals surface area contributed by atoms with Gasteiger partial charge in [0, 0.05) is 18.9 Å². The van der Waals surface area contributed by atoms with Crippen LogP contribution in [-0.2, 0) is 18.2 Å². The molecule has 0 amide bonds. The van der Waals surface area contributed by atoms with Crippen molar-refractivity contribution in [2.75, 3.05) is 0 Å². The molecule has 0 aliphatic carbocycles. The minimum atomic E-state index is 0.109. The second-order valence-corrected chi connectivity index (χ2v) is 5.63. The summed E-state index contributed by atoms with van der Waals surface area (Å²) in [6.07, 6.45) is 3.45. The van der Waals surface area contributed by atoms with E-state index in [1.807, 2.05) is 23.9 Å². The maximum absolute atomic E-state index is 5.93. The fourth-order valence-electron chi connectivity index (χ4n) is 3.07. The zero-order valence-electron chi connectivity index (χ0n) is 12.0. The van der Waals surface area contributed by atoms with Crippen LogP contribution in [0, 0.1) is 0 Å². The highest BCUT2D eigenvalue weighted by molar-refractivity contribution is 5.81. The Kier molecular flexibility index (Phi) is 3.74. The molecule has 1 aliphatic rings. The Bertz CT molecular complexity index is 595. The lowest BCUT2D eigenvalue weighted by Crippen LogP contribution is -2.45. The number of fused-ring (bicyclic) bond motifs is 1. The summed E-state index contributed by atoms with van der Waals surface area (Å²) in [6.45, 7) is 2.11. The van der Waals surface area contributed by atoms with E-state index in [1.165, 1.54) is 5.39 Å². The van der Waals surface area contributed by atoms with E-state index in [0.717, 1.165) is 30.5 Å². The molecule has 1 aliphatic heterocycles. The number of nitrogens with one attached hydrogen (secondary N) is 1. The number of nitrogens with zero attached hydrogens (tertiary/aromatic N) is 2. The van der Waals surface area contributed by atoms with Crippen molar-refractivity contribution in [2.45, 2.75) is 44.4 Å². The molecule has 1 aromatic heterocycles. The maximum Gasteiger partial charge on any atom is 0.0749 e. The number of rotatable bonds is 4. The number of nitrogens with two attached hydrogens (primary N) is 1. The lowest BCUT2D eigenvalue weighted by atomic mass is 10.0. The summed E-state index contributed by atoms with van der Waals surface area (Å²) in [5.74, 6) is 5.73. The van der Waals surface area contributed by atoms with Gasteiger partial charge in [-0.3, -0.25) is 16.0 Å². The van der Waals surface area contributed by atoms with Gasteiger partial charge < -0.3 is 4.74 Å². The molecule has 0 saturated carbocycles. The molecular weight excluding hydrogens is 252 g/mol. The van der Waals surface area contributed by atoms with Crippen LogP contribution in [0.5, 0.6) is 0 Å². The number of benzene rings is 1. The van der Waals surface area contributed by atoms with Crippen molar-refractivity contribution < 1.29 is 4.74 Å². The standard InChI is InChI=1S/C15H22N4O/c1-10-7-8-15(20-10)13(17-16)9-12-11-5-3-4-6-14(11)19(2)18-12/h3-6,10,13,15,17H,7-9,16H2,1-2H3. The van der Waals surface area contributed by atoms with Crippen molar-refractivity contribution in [3.63, 3.8) is 0 Å². The zero-order valence-corrected chi connectivity index (χ0v) is 12.0. The van der Waals surface area contributed by atoms with Crippen LogP contribution in [-0.4, -0.2) is 28.0 Å². The minimum Gasteiger partial charge on any atom is -0.374 e. The minimum absolute atomic E-state index is 0.109. The predicted octanol–water partition coefficient (Wildman–Crippen LogP) is 1.52. The largest absolute Gasteiger partial charge is 0.374 e. The second-order valence-electron chi connectivity index (χ2n) is 5.63. The summed E-state index contributed by atoms with van der Waals surface area (Å²) < 4.78 is 7.86. The first-order valence-electron chi connectivity index (χ1n) is 7.21. The maximum atomic E-state index is 5.93. The normalized spacial score (nSPS) is 24.4. The quantitative estimate of drug-likeness (QED) is 0.655. The molecule has 0 radical (unpaired) electrons. The highest BCUT2D eigenvalue weighted by Gasteiger charge is 2.30. The van der Waals surface area contributed by atoms with Crippen LogP contribution in [0.2, 0.25) is 0 Å². The number of hydrazine groups is 1. The highest BCUT2D eigenvalue weighted by Crippen LogP contribution is 2.25. The SMILES string of the molecule is CC1CCC(C(Cc2nn(C)c3ccccc23)NN)O1. The first-order valence-corrected chi connectivity index (χ1v) is 7.21. The van der Waals surface area contributed by atoms with E-state index in [9.17, 15) is 0 Å². The van der Waals surface area contributed by atoms with Crippen LogP contribution in [0.4, 0.5) is 0 Å². The lowest BCUT2D eigenvalue weighted by Gasteiger charge is -2.22. The third kappa shape index (κ3) is 2.44. The smallest absolute Gasteiger partial charge is 0.0749 e. The van der Waals surface area contributed by atoms with Crippen molar-refractivity contribution in [1.29, 1.82) is 0 Å². The average Bonchev–Trinajstić information content (AvgIpc) is 3.01. The van der Waals surface area contributed by atoms with Crippen molar-refractivity contribution in [3.8, 4) is 0 Å². The highest BCUT2D eigenvalue weighted by atomic mass is 16.5. The zero-order chi connectivity index (χ0) is 14.1. The Morgan fingerprint density at radius 2 is 2.25 bits per heavy atom. The molecule has 2 heterocycles. The third-order valence-electron chi connectivity index (χ3n) is 4.18. The van der Waals surface area contributed by atoms with E-state index in [4.69, 9.17) is 10.6 Å². The molecule has 2 aromatic rings. The first kappa shape index (κ1) is 13.5.